The predicted molar refractivity (Wildman–Crippen MR) is 119 cm³/mol. The van der Waals surface area contributed by atoms with Gasteiger partial charge in [0.15, 0.2) is 6.29 Å². The van der Waals surface area contributed by atoms with E-state index in [4.69, 9.17) is 14.2 Å². The van der Waals surface area contributed by atoms with Crippen molar-refractivity contribution in [1.82, 2.24) is 0 Å². The minimum absolute atomic E-state index is 0.191. The second kappa shape index (κ2) is 10.8. The molecule has 6 heteroatoms. The monoisotopic (exact) mass is 432 g/mol. The molecule has 2 heterocycles. The summed E-state index contributed by atoms with van der Waals surface area (Å²) in [4.78, 5) is 0. The zero-order chi connectivity index (χ0) is 19.9. The second-order valence-corrected chi connectivity index (χ2v) is 10.3. The first-order valence-electron chi connectivity index (χ1n) is 10.2. The second-order valence-electron chi connectivity index (χ2n) is 7.34. The SMILES string of the molecule is O[C@@H]1CO[C@@H](c2ccccc2)O[C@H]1[C@@H](CC1SCCCS1)OCc1ccccc1. The van der Waals surface area contributed by atoms with E-state index in [1.54, 1.807) is 0 Å². The van der Waals surface area contributed by atoms with Crippen molar-refractivity contribution in [3.05, 3.63) is 71.8 Å². The van der Waals surface area contributed by atoms with Gasteiger partial charge in [0.1, 0.15) is 12.2 Å². The van der Waals surface area contributed by atoms with Crippen LogP contribution in [0.2, 0.25) is 0 Å². The van der Waals surface area contributed by atoms with E-state index in [0.29, 0.717) is 11.2 Å². The van der Waals surface area contributed by atoms with Gasteiger partial charge in [-0.1, -0.05) is 60.7 Å². The van der Waals surface area contributed by atoms with Crippen molar-refractivity contribution in [3.8, 4) is 0 Å². The minimum Gasteiger partial charge on any atom is -0.388 e. The van der Waals surface area contributed by atoms with Gasteiger partial charge in [-0.3, -0.25) is 0 Å². The molecule has 2 fully saturated rings. The summed E-state index contributed by atoms with van der Waals surface area (Å²) in [5, 5.41) is 10.7. The summed E-state index contributed by atoms with van der Waals surface area (Å²) in [6.07, 6.45) is 0.330. The molecule has 0 saturated carbocycles. The normalized spacial score (nSPS) is 26.9. The summed E-state index contributed by atoms with van der Waals surface area (Å²) in [5.41, 5.74) is 2.09. The summed E-state index contributed by atoms with van der Waals surface area (Å²) in [7, 11) is 0. The molecule has 2 saturated heterocycles. The van der Waals surface area contributed by atoms with Gasteiger partial charge in [0.05, 0.1) is 23.9 Å². The van der Waals surface area contributed by atoms with Gasteiger partial charge < -0.3 is 19.3 Å². The Hall–Kier alpha value is -1.02. The number of rotatable bonds is 7. The molecule has 156 valence electrons. The molecule has 4 rings (SSSR count). The van der Waals surface area contributed by atoms with E-state index in [-0.39, 0.29) is 12.7 Å². The first-order chi connectivity index (χ1) is 14.3. The number of thioether (sulfide) groups is 2. The number of benzene rings is 2. The fourth-order valence-corrected chi connectivity index (χ4v) is 6.56. The molecule has 2 aromatic rings. The van der Waals surface area contributed by atoms with Gasteiger partial charge in [-0.2, -0.15) is 0 Å². The molecule has 0 aromatic heterocycles. The molecule has 4 atom stereocenters. The van der Waals surface area contributed by atoms with Crippen molar-refractivity contribution in [2.75, 3.05) is 18.1 Å². The van der Waals surface area contributed by atoms with Crippen LogP contribution in [0.3, 0.4) is 0 Å². The van der Waals surface area contributed by atoms with Crippen molar-refractivity contribution >= 4 is 23.5 Å². The highest BCUT2D eigenvalue weighted by molar-refractivity contribution is 8.17. The molecule has 1 N–H and O–H groups in total. The molecule has 4 nitrogen and oxygen atoms in total. The fourth-order valence-electron chi connectivity index (χ4n) is 3.61. The number of ether oxygens (including phenoxy) is 3. The molecule has 2 aromatic carbocycles. The number of aliphatic hydroxyl groups excluding tert-OH is 1. The minimum atomic E-state index is -0.700. The molecule has 0 unspecified atom stereocenters. The van der Waals surface area contributed by atoms with Crippen LogP contribution in [0.4, 0.5) is 0 Å². The largest absolute Gasteiger partial charge is 0.388 e. The Kier molecular flexibility index (Phi) is 7.94. The number of hydrogen-bond donors (Lipinski definition) is 1. The standard InChI is InChI=1S/C23H28O4S2/c24-19-16-26-23(18-10-5-2-6-11-18)27-22(19)20(14-21-28-12-7-13-29-21)25-15-17-8-3-1-4-9-17/h1-6,8-11,19-24H,7,12-16H2/t19-,20-,22-,23-/m1/s1. The lowest BCUT2D eigenvalue weighted by Crippen LogP contribution is -2.49. The maximum atomic E-state index is 10.7. The summed E-state index contributed by atoms with van der Waals surface area (Å²) in [6.45, 7) is 0.761. The first kappa shape index (κ1) is 21.2. The first-order valence-corrected chi connectivity index (χ1v) is 12.3. The summed E-state index contributed by atoms with van der Waals surface area (Å²) >= 11 is 3.98. The van der Waals surface area contributed by atoms with Gasteiger partial charge in [0.2, 0.25) is 0 Å². The molecule has 0 aliphatic carbocycles. The van der Waals surface area contributed by atoms with Crippen LogP contribution in [-0.2, 0) is 20.8 Å². The molecule has 0 spiro atoms. The number of aliphatic hydroxyl groups is 1. The third kappa shape index (κ3) is 6.00. The van der Waals surface area contributed by atoms with Crippen LogP contribution >= 0.6 is 23.5 Å². The van der Waals surface area contributed by atoms with E-state index in [1.165, 1.54) is 17.9 Å². The molecular weight excluding hydrogens is 404 g/mol. The Labute approximate surface area is 181 Å². The van der Waals surface area contributed by atoms with Gasteiger partial charge in [0, 0.05) is 5.56 Å². The van der Waals surface area contributed by atoms with E-state index in [0.717, 1.165) is 17.5 Å². The quantitative estimate of drug-likeness (QED) is 0.688. The molecule has 2 aliphatic rings. The van der Waals surface area contributed by atoms with Crippen molar-refractivity contribution in [2.45, 2.75) is 48.6 Å². The Morgan fingerprint density at radius 3 is 2.41 bits per heavy atom. The lowest BCUT2D eigenvalue weighted by Gasteiger charge is -2.39. The van der Waals surface area contributed by atoms with Crippen LogP contribution in [0.5, 0.6) is 0 Å². The summed E-state index contributed by atoms with van der Waals surface area (Å²) < 4.78 is 18.9. The molecule has 2 aliphatic heterocycles. The Morgan fingerprint density at radius 1 is 1.00 bits per heavy atom. The van der Waals surface area contributed by atoms with Gasteiger partial charge in [-0.25, -0.2) is 0 Å². The third-order valence-electron chi connectivity index (χ3n) is 5.14. The van der Waals surface area contributed by atoms with E-state index >= 15 is 0 Å². The zero-order valence-electron chi connectivity index (χ0n) is 16.4. The Morgan fingerprint density at radius 2 is 1.69 bits per heavy atom. The van der Waals surface area contributed by atoms with Crippen molar-refractivity contribution in [3.63, 3.8) is 0 Å². The van der Waals surface area contributed by atoms with Gasteiger partial charge in [-0.15, -0.1) is 23.5 Å². The topological polar surface area (TPSA) is 47.9 Å². The maximum absolute atomic E-state index is 10.7. The van der Waals surface area contributed by atoms with Crippen molar-refractivity contribution in [2.24, 2.45) is 0 Å². The number of hydrogen-bond acceptors (Lipinski definition) is 6. The van der Waals surface area contributed by atoms with Crippen LogP contribution in [-0.4, -0.2) is 46.1 Å². The summed E-state index contributed by atoms with van der Waals surface area (Å²) in [5.74, 6) is 2.37. The van der Waals surface area contributed by atoms with Crippen LogP contribution in [0, 0.1) is 0 Å². The third-order valence-corrected chi connectivity index (χ3v) is 8.14. The Balaban J connectivity index is 1.47. The fraction of sp³-hybridized carbons (Fsp3) is 0.478. The smallest absolute Gasteiger partial charge is 0.184 e. The lowest BCUT2D eigenvalue weighted by atomic mass is 10.0. The maximum Gasteiger partial charge on any atom is 0.184 e. The molecule has 0 bridgehead atoms. The van der Waals surface area contributed by atoms with E-state index in [9.17, 15) is 5.11 Å². The van der Waals surface area contributed by atoms with E-state index in [1.807, 2.05) is 72.1 Å². The van der Waals surface area contributed by atoms with Gasteiger partial charge in [0.25, 0.3) is 0 Å². The van der Waals surface area contributed by atoms with Crippen LogP contribution in [0.25, 0.3) is 0 Å². The van der Waals surface area contributed by atoms with Crippen molar-refractivity contribution < 1.29 is 19.3 Å². The molecule has 0 amide bonds. The Bertz CT molecular complexity index is 724. The van der Waals surface area contributed by atoms with E-state index in [2.05, 4.69) is 12.1 Å². The van der Waals surface area contributed by atoms with Crippen LogP contribution in [0.1, 0.15) is 30.3 Å². The highest BCUT2D eigenvalue weighted by Crippen LogP contribution is 2.37. The summed E-state index contributed by atoms with van der Waals surface area (Å²) in [6, 6.07) is 20.1. The highest BCUT2D eigenvalue weighted by Gasteiger charge is 2.39. The average Bonchev–Trinajstić information content (AvgIpc) is 2.79. The predicted octanol–water partition coefficient (Wildman–Crippen LogP) is 4.63. The molecule has 29 heavy (non-hydrogen) atoms. The highest BCUT2D eigenvalue weighted by atomic mass is 32.2. The van der Waals surface area contributed by atoms with Gasteiger partial charge >= 0.3 is 0 Å². The molecular formula is C23H28O4S2. The zero-order valence-corrected chi connectivity index (χ0v) is 18.0. The van der Waals surface area contributed by atoms with E-state index < -0.39 is 18.5 Å². The van der Waals surface area contributed by atoms with Crippen molar-refractivity contribution in [1.29, 1.82) is 0 Å². The van der Waals surface area contributed by atoms with Crippen LogP contribution in [0.15, 0.2) is 60.7 Å². The van der Waals surface area contributed by atoms with Gasteiger partial charge in [-0.05, 0) is 29.9 Å². The molecule has 0 radical (unpaired) electrons. The van der Waals surface area contributed by atoms with Crippen LogP contribution < -0.4 is 0 Å². The lowest BCUT2D eigenvalue weighted by molar-refractivity contribution is -0.281. The average molecular weight is 433 g/mol.